The van der Waals surface area contributed by atoms with Crippen LogP contribution in [0.5, 0.6) is 0 Å². The van der Waals surface area contributed by atoms with Gasteiger partial charge in [-0.2, -0.15) is 0 Å². The Labute approximate surface area is 103 Å². The second-order valence-corrected chi connectivity index (χ2v) is 4.65. The lowest BCUT2D eigenvalue weighted by Gasteiger charge is -2.32. The normalized spacial score (nSPS) is 15.9. The molecular weight excluding hydrogens is 222 g/mol. The summed E-state index contributed by atoms with van der Waals surface area (Å²) in [7, 11) is 0. The van der Waals surface area contributed by atoms with Crippen LogP contribution in [0.2, 0.25) is 0 Å². The van der Waals surface area contributed by atoms with Crippen molar-refractivity contribution >= 4 is 23.2 Å². The minimum atomic E-state index is 0.137. The van der Waals surface area contributed by atoms with Crippen LogP contribution in [0.1, 0.15) is 32.6 Å². The number of amides is 2. The minimum Gasteiger partial charge on any atom is -0.393 e. The number of hydrogen-bond donors (Lipinski definition) is 1. The van der Waals surface area contributed by atoms with E-state index in [0.29, 0.717) is 18.0 Å². The third-order valence-electron chi connectivity index (χ3n) is 2.91. The minimum absolute atomic E-state index is 0.137. The van der Waals surface area contributed by atoms with Crippen LogP contribution in [0.15, 0.2) is 0 Å². The van der Waals surface area contributed by atoms with E-state index in [4.69, 9.17) is 18.0 Å². The Hall–Kier alpha value is -0.840. The molecule has 0 bridgehead atoms. The molecule has 0 unspecified atom stereocenters. The fourth-order valence-electron chi connectivity index (χ4n) is 1.92. The Bertz CT molecular complexity index is 252. The summed E-state index contributed by atoms with van der Waals surface area (Å²) in [6.07, 6.45) is 4.10. The Balaban J connectivity index is 2.44. The maximum Gasteiger partial charge on any atom is 0.319 e. The van der Waals surface area contributed by atoms with Crippen molar-refractivity contribution in [3.05, 3.63) is 0 Å². The molecule has 16 heavy (non-hydrogen) atoms. The van der Waals surface area contributed by atoms with Gasteiger partial charge < -0.3 is 15.5 Å². The van der Waals surface area contributed by atoms with E-state index in [-0.39, 0.29) is 6.03 Å². The Morgan fingerprint density at radius 1 is 1.38 bits per heavy atom. The van der Waals surface area contributed by atoms with Gasteiger partial charge in [-0.15, -0.1) is 0 Å². The SMILES string of the molecule is CCN(CCC(N)=S)C(=O)N1CCCCC1. The van der Waals surface area contributed by atoms with E-state index in [0.717, 1.165) is 32.5 Å². The summed E-state index contributed by atoms with van der Waals surface area (Å²) in [5.74, 6) is 0. The summed E-state index contributed by atoms with van der Waals surface area (Å²) in [4.78, 5) is 16.3. The number of carbonyl (C=O) groups excluding carboxylic acids is 1. The number of rotatable bonds is 4. The van der Waals surface area contributed by atoms with E-state index in [1.54, 1.807) is 0 Å². The fraction of sp³-hybridized carbons (Fsp3) is 0.818. The molecular formula is C11H21N3OS. The standard InChI is InChI=1S/C11H21N3OS/c1-2-13(9-6-10(12)16)11(15)14-7-4-3-5-8-14/h2-9H2,1H3,(H2,12,16). The third-order valence-corrected chi connectivity index (χ3v) is 3.11. The topological polar surface area (TPSA) is 49.6 Å². The molecule has 0 aromatic carbocycles. The molecule has 1 aliphatic rings. The number of thiocarbonyl (C=S) groups is 1. The van der Waals surface area contributed by atoms with E-state index < -0.39 is 0 Å². The fourth-order valence-corrected chi connectivity index (χ4v) is 2.01. The molecule has 1 rings (SSSR count). The summed E-state index contributed by atoms with van der Waals surface area (Å²) in [5, 5.41) is 0. The number of nitrogens with two attached hydrogens (primary N) is 1. The highest BCUT2D eigenvalue weighted by Gasteiger charge is 2.21. The number of likely N-dealkylation sites (tertiary alicyclic amines) is 1. The monoisotopic (exact) mass is 243 g/mol. The van der Waals surface area contributed by atoms with Crippen molar-refractivity contribution < 1.29 is 4.79 Å². The van der Waals surface area contributed by atoms with E-state index in [9.17, 15) is 4.79 Å². The van der Waals surface area contributed by atoms with Gasteiger partial charge in [0.05, 0.1) is 4.99 Å². The predicted octanol–water partition coefficient (Wildman–Crippen LogP) is 1.59. The second-order valence-electron chi connectivity index (χ2n) is 4.13. The first-order chi connectivity index (χ1) is 7.65. The molecule has 0 aromatic rings. The quantitative estimate of drug-likeness (QED) is 0.763. The van der Waals surface area contributed by atoms with E-state index in [1.807, 2.05) is 16.7 Å². The lowest BCUT2D eigenvalue weighted by Crippen LogP contribution is -2.46. The van der Waals surface area contributed by atoms with E-state index in [1.165, 1.54) is 6.42 Å². The third kappa shape index (κ3) is 3.96. The maximum atomic E-state index is 12.1. The molecule has 0 atom stereocenters. The summed E-state index contributed by atoms with van der Waals surface area (Å²) < 4.78 is 0. The lowest BCUT2D eigenvalue weighted by molar-refractivity contribution is 0.147. The van der Waals surface area contributed by atoms with Crippen LogP contribution in [-0.2, 0) is 0 Å². The molecule has 0 aromatic heterocycles. The Morgan fingerprint density at radius 2 is 2.00 bits per heavy atom. The Kier molecular flexibility index (Phi) is 5.52. The van der Waals surface area contributed by atoms with Crippen LogP contribution in [0, 0.1) is 0 Å². The molecule has 0 aliphatic carbocycles. The predicted molar refractivity (Wildman–Crippen MR) is 69.5 cm³/mol. The van der Waals surface area contributed by atoms with Crippen molar-refractivity contribution in [2.75, 3.05) is 26.2 Å². The molecule has 0 saturated carbocycles. The van der Waals surface area contributed by atoms with Gasteiger partial charge in [0.25, 0.3) is 0 Å². The number of urea groups is 1. The van der Waals surface area contributed by atoms with Crippen molar-refractivity contribution in [3.63, 3.8) is 0 Å². The number of hydrogen-bond acceptors (Lipinski definition) is 2. The second kappa shape index (κ2) is 6.68. The number of nitrogens with zero attached hydrogens (tertiary/aromatic N) is 2. The van der Waals surface area contributed by atoms with Crippen LogP contribution in [-0.4, -0.2) is 47.0 Å². The van der Waals surface area contributed by atoms with Crippen molar-refractivity contribution in [1.82, 2.24) is 9.80 Å². The summed E-state index contributed by atoms with van der Waals surface area (Å²) >= 11 is 4.83. The molecule has 0 radical (unpaired) electrons. The van der Waals surface area contributed by atoms with Gasteiger partial charge in [-0.25, -0.2) is 4.79 Å². The van der Waals surface area contributed by atoms with Gasteiger partial charge in [-0.05, 0) is 26.2 Å². The highest BCUT2D eigenvalue weighted by Crippen LogP contribution is 2.11. The van der Waals surface area contributed by atoms with Crippen LogP contribution in [0.3, 0.4) is 0 Å². The largest absolute Gasteiger partial charge is 0.393 e. The molecule has 5 heteroatoms. The van der Waals surface area contributed by atoms with Gasteiger partial charge >= 0.3 is 6.03 Å². The number of piperidine rings is 1. The molecule has 1 fully saturated rings. The van der Waals surface area contributed by atoms with Gasteiger partial charge in [0.15, 0.2) is 0 Å². The van der Waals surface area contributed by atoms with Crippen molar-refractivity contribution in [1.29, 1.82) is 0 Å². The average Bonchev–Trinajstić information content (AvgIpc) is 2.30. The molecule has 2 amide bonds. The summed E-state index contributed by atoms with van der Waals surface area (Å²) in [5.41, 5.74) is 5.45. The molecule has 1 saturated heterocycles. The molecule has 0 spiro atoms. The average molecular weight is 243 g/mol. The summed E-state index contributed by atoms with van der Waals surface area (Å²) in [6.45, 7) is 5.13. The van der Waals surface area contributed by atoms with Gasteiger partial charge in [-0.1, -0.05) is 12.2 Å². The Morgan fingerprint density at radius 3 is 2.50 bits per heavy atom. The highest BCUT2D eigenvalue weighted by atomic mass is 32.1. The van der Waals surface area contributed by atoms with E-state index >= 15 is 0 Å². The smallest absolute Gasteiger partial charge is 0.319 e. The zero-order valence-corrected chi connectivity index (χ0v) is 10.8. The van der Waals surface area contributed by atoms with Crippen molar-refractivity contribution in [2.24, 2.45) is 5.73 Å². The molecule has 2 N–H and O–H groups in total. The van der Waals surface area contributed by atoms with Gasteiger partial charge in [-0.3, -0.25) is 0 Å². The number of carbonyl (C=O) groups is 1. The zero-order chi connectivity index (χ0) is 12.0. The van der Waals surface area contributed by atoms with Crippen LogP contribution in [0.4, 0.5) is 4.79 Å². The molecule has 1 heterocycles. The summed E-state index contributed by atoms with van der Waals surface area (Å²) in [6, 6.07) is 0.137. The van der Waals surface area contributed by atoms with E-state index in [2.05, 4.69) is 0 Å². The first-order valence-corrected chi connectivity index (χ1v) is 6.38. The van der Waals surface area contributed by atoms with Crippen LogP contribution in [0.25, 0.3) is 0 Å². The highest BCUT2D eigenvalue weighted by molar-refractivity contribution is 7.80. The first-order valence-electron chi connectivity index (χ1n) is 5.97. The van der Waals surface area contributed by atoms with Crippen LogP contribution >= 0.6 is 12.2 Å². The maximum absolute atomic E-state index is 12.1. The van der Waals surface area contributed by atoms with Gasteiger partial charge in [0.2, 0.25) is 0 Å². The molecule has 92 valence electrons. The van der Waals surface area contributed by atoms with Gasteiger partial charge in [0, 0.05) is 32.6 Å². The van der Waals surface area contributed by atoms with Crippen molar-refractivity contribution in [3.8, 4) is 0 Å². The van der Waals surface area contributed by atoms with Crippen LogP contribution < -0.4 is 5.73 Å². The molecule has 4 nitrogen and oxygen atoms in total. The molecule has 1 aliphatic heterocycles. The van der Waals surface area contributed by atoms with Crippen molar-refractivity contribution in [2.45, 2.75) is 32.6 Å². The lowest BCUT2D eigenvalue weighted by atomic mass is 10.1. The van der Waals surface area contributed by atoms with Gasteiger partial charge in [0.1, 0.15) is 0 Å². The first kappa shape index (κ1) is 13.2. The zero-order valence-electron chi connectivity index (χ0n) is 9.95.